The number of hydrogen-bond donors (Lipinski definition) is 0. The van der Waals surface area contributed by atoms with Crippen molar-refractivity contribution in [3.05, 3.63) is 69.7 Å². The maximum absolute atomic E-state index is 6.57. The molecule has 0 saturated heterocycles. The minimum atomic E-state index is 0.0815. The molecule has 0 N–H and O–H groups in total. The van der Waals surface area contributed by atoms with Gasteiger partial charge in [0.1, 0.15) is 0 Å². The standard InChI is InChI=1S/C15H12BrCl/c16-12-7-5-10(6-8-12)15(17)14-9-11-3-1-2-4-13(11)14/h1-8,14-15H,9H2. The lowest BCUT2D eigenvalue weighted by Gasteiger charge is -2.33. The highest BCUT2D eigenvalue weighted by molar-refractivity contribution is 9.10. The fourth-order valence-electron chi connectivity index (χ4n) is 2.44. The topological polar surface area (TPSA) is 0 Å². The lowest BCUT2D eigenvalue weighted by Crippen LogP contribution is -2.20. The summed E-state index contributed by atoms with van der Waals surface area (Å²) in [4.78, 5) is 0. The molecule has 3 rings (SSSR count). The van der Waals surface area contributed by atoms with Crippen molar-refractivity contribution in [1.82, 2.24) is 0 Å². The Morgan fingerprint density at radius 3 is 2.47 bits per heavy atom. The van der Waals surface area contributed by atoms with Crippen molar-refractivity contribution in [1.29, 1.82) is 0 Å². The van der Waals surface area contributed by atoms with E-state index in [1.165, 1.54) is 16.7 Å². The quantitative estimate of drug-likeness (QED) is 0.680. The molecule has 0 bridgehead atoms. The lowest BCUT2D eigenvalue weighted by molar-refractivity contribution is 0.587. The Labute approximate surface area is 115 Å². The van der Waals surface area contributed by atoms with Crippen LogP contribution in [-0.4, -0.2) is 0 Å². The van der Waals surface area contributed by atoms with Gasteiger partial charge in [-0.3, -0.25) is 0 Å². The summed E-state index contributed by atoms with van der Waals surface area (Å²) >= 11 is 10.0. The maximum atomic E-state index is 6.57. The zero-order valence-corrected chi connectivity index (χ0v) is 11.6. The van der Waals surface area contributed by atoms with E-state index < -0.39 is 0 Å². The first kappa shape index (κ1) is 11.3. The van der Waals surface area contributed by atoms with Gasteiger partial charge in [-0.1, -0.05) is 52.3 Å². The summed E-state index contributed by atoms with van der Waals surface area (Å²) in [6.07, 6.45) is 1.10. The van der Waals surface area contributed by atoms with Gasteiger partial charge in [0.25, 0.3) is 0 Å². The zero-order chi connectivity index (χ0) is 11.8. The van der Waals surface area contributed by atoms with E-state index in [9.17, 15) is 0 Å². The smallest absolute Gasteiger partial charge is 0.0657 e. The average Bonchev–Trinajstić information content (AvgIpc) is 2.31. The average molecular weight is 308 g/mol. The van der Waals surface area contributed by atoms with Crippen LogP contribution in [0.25, 0.3) is 0 Å². The van der Waals surface area contributed by atoms with E-state index >= 15 is 0 Å². The van der Waals surface area contributed by atoms with Crippen LogP contribution in [0.1, 0.15) is 28.0 Å². The van der Waals surface area contributed by atoms with Crippen molar-refractivity contribution >= 4 is 27.5 Å². The summed E-state index contributed by atoms with van der Waals surface area (Å²) < 4.78 is 1.10. The highest BCUT2D eigenvalue weighted by Gasteiger charge is 2.32. The number of alkyl halides is 1. The summed E-state index contributed by atoms with van der Waals surface area (Å²) in [5.41, 5.74) is 4.06. The fraction of sp³-hybridized carbons (Fsp3) is 0.200. The van der Waals surface area contributed by atoms with Crippen LogP contribution in [0.5, 0.6) is 0 Å². The summed E-state index contributed by atoms with van der Waals surface area (Å²) in [6, 6.07) is 16.9. The lowest BCUT2D eigenvalue weighted by atomic mass is 9.74. The third-order valence-electron chi connectivity index (χ3n) is 3.44. The Morgan fingerprint density at radius 2 is 1.76 bits per heavy atom. The van der Waals surface area contributed by atoms with Crippen LogP contribution in [0.3, 0.4) is 0 Å². The maximum Gasteiger partial charge on any atom is 0.0657 e. The van der Waals surface area contributed by atoms with Crippen molar-refractivity contribution in [2.75, 3.05) is 0 Å². The van der Waals surface area contributed by atoms with Crippen molar-refractivity contribution in [3.8, 4) is 0 Å². The van der Waals surface area contributed by atoms with E-state index in [1.807, 2.05) is 0 Å². The highest BCUT2D eigenvalue weighted by atomic mass is 79.9. The molecular formula is C15H12BrCl. The molecule has 2 atom stereocenters. The van der Waals surface area contributed by atoms with Gasteiger partial charge in [0.05, 0.1) is 5.38 Å². The fourth-order valence-corrected chi connectivity index (χ4v) is 3.07. The molecule has 0 heterocycles. The third-order valence-corrected chi connectivity index (χ3v) is 4.52. The van der Waals surface area contributed by atoms with Crippen LogP contribution < -0.4 is 0 Å². The van der Waals surface area contributed by atoms with E-state index in [-0.39, 0.29) is 5.38 Å². The Bertz CT molecular complexity index is 533. The van der Waals surface area contributed by atoms with Gasteiger partial charge >= 0.3 is 0 Å². The molecule has 0 aromatic heterocycles. The molecule has 1 aliphatic rings. The van der Waals surface area contributed by atoms with E-state index in [1.54, 1.807) is 0 Å². The summed E-state index contributed by atoms with van der Waals surface area (Å²) in [6.45, 7) is 0. The molecule has 17 heavy (non-hydrogen) atoms. The number of fused-ring (bicyclic) bond motifs is 1. The molecular weight excluding hydrogens is 296 g/mol. The van der Waals surface area contributed by atoms with Crippen LogP contribution in [0.15, 0.2) is 53.0 Å². The Kier molecular flexibility index (Phi) is 2.97. The molecule has 0 fully saturated rings. The predicted octanol–water partition coefficient (Wildman–Crippen LogP) is 5.07. The molecule has 86 valence electrons. The number of benzene rings is 2. The summed E-state index contributed by atoms with van der Waals surface area (Å²) in [5.74, 6) is 0.467. The minimum Gasteiger partial charge on any atom is -0.117 e. The number of rotatable bonds is 2. The van der Waals surface area contributed by atoms with Gasteiger partial charge in [-0.15, -0.1) is 11.6 Å². The predicted molar refractivity (Wildman–Crippen MR) is 75.6 cm³/mol. The zero-order valence-electron chi connectivity index (χ0n) is 9.24. The summed E-state index contributed by atoms with van der Waals surface area (Å²) in [5, 5.41) is 0.0815. The second-order valence-electron chi connectivity index (χ2n) is 4.46. The molecule has 0 radical (unpaired) electrons. The molecule has 0 spiro atoms. The molecule has 2 unspecified atom stereocenters. The highest BCUT2D eigenvalue weighted by Crippen LogP contribution is 2.46. The van der Waals surface area contributed by atoms with Crippen LogP contribution in [-0.2, 0) is 6.42 Å². The molecule has 2 aromatic rings. The van der Waals surface area contributed by atoms with Crippen LogP contribution >= 0.6 is 27.5 Å². The number of hydrogen-bond acceptors (Lipinski definition) is 0. The third kappa shape index (κ3) is 2.02. The largest absolute Gasteiger partial charge is 0.117 e. The Hall–Kier alpha value is -0.790. The van der Waals surface area contributed by atoms with Gasteiger partial charge < -0.3 is 0 Å². The van der Waals surface area contributed by atoms with Crippen molar-refractivity contribution < 1.29 is 0 Å². The Morgan fingerprint density at radius 1 is 1.06 bits per heavy atom. The molecule has 2 aromatic carbocycles. The second-order valence-corrected chi connectivity index (χ2v) is 5.85. The molecule has 2 heteroatoms. The van der Waals surface area contributed by atoms with Crippen LogP contribution in [0.2, 0.25) is 0 Å². The summed E-state index contributed by atoms with van der Waals surface area (Å²) in [7, 11) is 0. The second kappa shape index (κ2) is 4.47. The Balaban J connectivity index is 1.86. The number of halogens is 2. The van der Waals surface area contributed by atoms with Gasteiger partial charge in [-0.25, -0.2) is 0 Å². The van der Waals surface area contributed by atoms with Crippen LogP contribution in [0, 0.1) is 0 Å². The first-order valence-corrected chi connectivity index (χ1v) is 6.96. The normalized spacial score (nSPS) is 19.3. The van der Waals surface area contributed by atoms with Gasteiger partial charge in [-0.05, 0) is 35.2 Å². The minimum absolute atomic E-state index is 0.0815. The molecule has 0 amide bonds. The van der Waals surface area contributed by atoms with Crippen molar-refractivity contribution in [2.45, 2.75) is 17.7 Å². The first-order chi connectivity index (χ1) is 8.25. The van der Waals surface area contributed by atoms with Crippen molar-refractivity contribution in [3.63, 3.8) is 0 Å². The van der Waals surface area contributed by atoms with Crippen molar-refractivity contribution in [2.24, 2.45) is 0 Å². The van der Waals surface area contributed by atoms with E-state index in [0.717, 1.165) is 10.9 Å². The van der Waals surface area contributed by atoms with Gasteiger partial charge in [-0.2, -0.15) is 0 Å². The SMILES string of the molecule is ClC(c1ccc(Br)cc1)C1Cc2ccccc21. The van der Waals surface area contributed by atoms with E-state index in [0.29, 0.717) is 5.92 Å². The van der Waals surface area contributed by atoms with E-state index in [4.69, 9.17) is 11.6 Å². The molecule has 0 aliphatic heterocycles. The molecule has 0 nitrogen and oxygen atoms in total. The van der Waals surface area contributed by atoms with Gasteiger partial charge in [0.2, 0.25) is 0 Å². The van der Waals surface area contributed by atoms with E-state index in [2.05, 4.69) is 64.5 Å². The van der Waals surface area contributed by atoms with Gasteiger partial charge in [0, 0.05) is 10.4 Å². The molecule has 0 saturated carbocycles. The van der Waals surface area contributed by atoms with Gasteiger partial charge in [0.15, 0.2) is 0 Å². The molecule has 1 aliphatic carbocycles. The van der Waals surface area contributed by atoms with Crippen LogP contribution in [0.4, 0.5) is 0 Å². The first-order valence-electron chi connectivity index (χ1n) is 5.73. The monoisotopic (exact) mass is 306 g/mol.